The maximum atomic E-state index is 14.0. The highest BCUT2D eigenvalue weighted by Crippen LogP contribution is 2.24. The number of aromatic nitrogens is 1. The van der Waals surface area contributed by atoms with Crippen LogP contribution in [0, 0.1) is 0 Å². The normalized spacial score (nSPS) is 17.5. The number of nitrogens with zero attached hydrogens (tertiary/aromatic N) is 2. The Morgan fingerprint density at radius 1 is 0.895 bits per heavy atom. The summed E-state index contributed by atoms with van der Waals surface area (Å²) in [5.74, 6) is 0.489. The van der Waals surface area contributed by atoms with Crippen molar-refractivity contribution in [2.24, 2.45) is 0 Å². The van der Waals surface area contributed by atoms with Crippen molar-refractivity contribution in [3.63, 3.8) is 0 Å². The van der Waals surface area contributed by atoms with E-state index in [-0.39, 0.29) is 24.5 Å². The Morgan fingerprint density at radius 3 is 2.42 bits per heavy atom. The van der Waals surface area contributed by atoms with Crippen molar-refractivity contribution in [3.8, 4) is 5.75 Å². The van der Waals surface area contributed by atoms with Crippen LogP contribution in [0.15, 0.2) is 84.9 Å². The van der Waals surface area contributed by atoms with E-state index in [0.29, 0.717) is 36.5 Å². The van der Waals surface area contributed by atoms with Crippen LogP contribution >= 0.6 is 0 Å². The second-order valence-electron chi connectivity index (χ2n) is 10.1. The zero-order chi connectivity index (χ0) is 26.3. The van der Waals surface area contributed by atoms with Gasteiger partial charge in [-0.25, -0.2) is 0 Å². The summed E-state index contributed by atoms with van der Waals surface area (Å²) in [6, 6.07) is 27.3. The molecule has 6 nitrogen and oxygen atoms in total. The number of hydrogen-bond acceptors (Lipinski definition) is 3. The van der Waals surface area contributed by atoms with Crippen molar-refractivity contribution in [3.05, 3.63) is 102 Å². The summed E-state index contributed by atoms with van der Waals surface area (Å²) in [7, 11) is 1.85. The Bertz CT molecular complexity index is 1350. The fourth-order valence-corrected chi connectivity index (χ4v) is 5.19. The third kappa shape index (κ3) is 5.91. The smallest absolute Gasteiger partial charge is 0.270 e. The highest BCUT2D eigenvalue weighted by Gasteiger charge is 2.28. The van der Waals surface area contributed by atoms with Gasteiger partial charge in [0.25, 0.3) is 11.8 Å². The minimum absolute atomic E-state index is 0.0260. The van der Waals surface area contributed by atoms with Crippen LogP contribution in [0.5, 0.6) is 5.75 Å². The third-order valence-corrected chi connectivity index (χ3v) is 7.31. The Labute approximate surface area is 224 Å². The summed E-state index contributed by atoms with van der Waals surface area (Å²) in [5.41, 5.74) is 3.23. The number of carbonyl (C=O) groups excluding carboxylic acids is 2. The van der Waals surface area contributed by atoms with Crippen LogP contribution in [0.2, 0.25) is 0 Å². The monoisotopic (exact) mass is 509 g/mol. The Kier molecular flexibility index (Phi) is 8.07. The predicted molar refractivity (Wildman–Crippen MR) is 151 cm³/mol. The fraction of sp³-hybridized carbons (Fsp3) is 0.312. The number of fused-ring (bicyclic) bond motifs is 2. The van der Waals surface area contributed by atoms with E-state index in [4.69, 9.17) is 4.74 Å². The van der Waals surface area contributed by atoms with Gasteiger partial charge in [-0.1, -0.05) is 73.5 Å². The molecule has 3 aromatic carbocycles. The number of nitrogens with one attached hydrogen (secondary N) is 1. The van der Waals surface area contributed by atoms with Crippen molar-refractivity contribution in [2.75, 3.05) is 26.7 Å². The van der Waals surface area contributed by atoms with Crippen molar-refractivity contribution in [1.29, 1.82) is 0 Å². The van der Waals surface area contributed by atoms with Crippen LogP contribution in [0.1, 0.15) is 52.1 Å². The van der Waals surface area contributed by atoms with Crippen LogP contribution in [0.3, 0.4) is 0 Å². The molecule has 1 aromatic heterocycles. The lowest BCUT2D eigenvalue weighted by Crippen LogP contribution is -2.46. The van der Waals surface area contributed by atoms with Crippen LogP contribution in [-0.4, -0.2) is 59.4 Å². The first-order valence-electron chi connectivity index (χ1n) is 13.5. The number of carbonyl (C=O) groups is 2. The Balaban J connectivity index is 1.50. The molecule has 1 N–H and O–H groups in total. The number of aromatic amines is 1. The third-order valence-electron chi connectivity index (χ3n) is 7.31. The maximum Gasteiger partial charge on any atom is 0.270 e. The molecule has 0 aliphatic carbocycles. The largest absolute Gasteiger partial charge is 0.491 e. The van der Waals surface area contributed by atoms with Gasteiger partial charge in [0.15, 0.2) is 0 Å². The Hall–Kier alpha value is -4.06. The number of H-pyrrole nitrogens is 1. The molecule has 2 amide bonds. The summed E-state index contributed by atoms with van der Waals surface area (Å²) in [6.07, 6.45) is 4.48. The van der Waals surface area contributed by atoms with Crippen LogP contribution in [0.25, 0.3) is 10.9 Å². The van der Waals surface area contributed by atoms with Gasteiger partial charge in [-0.2, -0.15) is 0 Å². The van der Waals surface area contributed by atoms with Gasteiger partial charge < -0.3 is 19.5 Å². The molecule has 38 heavy (non-hydrogen) atoms. The van der Waals surface area contributed by atoms with E-state index in [1.807, 2.05) is 84.7 Å². The molecule has 1 atom stereocenters. The van der Waals surface area contributed by atoms with Gasteiger partial charge in [-0.15, -0.1) is 0 Å². The van der Waals surface area contributed by atoms with Gasteiger partial charge in [0, 0.05) is 31.0 Å². The van der Waals surface area contributed by atoms with Gasteiger partial charge in [-0.3, -0.25) is 9.59 Å². The van der Waals surface area contributed by atoms with Crippen LogP contribution in [0.4, 0.5) is 0 Å². The molecule has 0 unspecified atom stereocenters. The first-order valence-corrected chi connectivity index (χ1v) is 13.5. The number of para-hydroxylation sites is 2. The molecule has 1 aliphatic heterocycles. The number of rotatable bonds is 3. The lowest BCUT2D eigenvalue weighted by molar-refractivity contribution is 0.0594. The molecular weight excluding hydrogens is 474 g/mol. The van der Waals surface area contributed by atoms with Gasteiger partial charge >= 0.3 is 0 Å². The first-order chi connectivity index (χ1) is 18.6. The Morgan fingerprint density at radius 2 is 1.61 bits per heavy atom. The van der Waals surface area contributed by atoms with Crippen molar-refractivity contribution >= 4 is 22.7 Å². The zero-order valence-electron chi connectivity index (χ0n) is 21.9. The van der Waals surface area contributed by atoms with Crippen LogP contribution < -0.4 is 4.74 Å². The average molecular weight is 510 g/mol. The minimum atomic E-state index is -0.208. The summed E-state index contributed by atoms with van der Waals surface area (Å²) in [5, 5.41) is 1.02. The van der Waals surface area contributed by atoms with E-state index in [2.05, 4.69) is 17.1 Å². The molecule has 5 rings (SSSR count). The number of ether oxygens (including phenoxy) is 1. The molecule has 2 heterocycles. The summed E-state index contributed by atoms with van der Waals surface area (Å²) >= 11 is 0. The molecule has 4 aromatic rings. The predicted octanol–water partition coefficient (Wildman–Crippen LogP) is 5.95. The SMILES string of the molecule is CN1CCCCCCN(C(=O)c2cc3ccccc3[nH]2)[C@@H](Cc2ccccc2)COc2ccccc2C1=O. The highest BCUT2D eigenvalue weighted by molar-refractivity contribution is 5.98. The van der Waals surface area contributed by atoms with Crippen LogP contribution in [-0.2, 0) is 6.42 Å². The van der Waals surface area contributed by atoms with Gasteiger partial charge in [0.2, 0.25) is 0 Å². The van der Waals surface area contributed by atoms with Gasteiger partial charge in [-0.05, 0) is 49.1 Å². The lowest BCUT2D eigenvalue weighted by atomic mass is 10.0. The summed E-state index contributed by atoms with van der Waals surface area (Å²) in [6.45, 7) is 1.63. The topological polar surface area (TPSA) is 65.6 Å². The summed E-state index contributed by atoms with van der Waals surface area (Å²) in [4.78, 5) is 34.3. The second kappa shape index (κ2) is 12.0. The number of amides is 2. The van der Waals surface area contributed by atoms with E-state index < -0.39 is 0 Å². The quantitative estimate of drug-likeness (QED) is 0.371. The van der Waals surface area contributed by atoms with Gasteiger partial charge in [0.1, 0.15) is 18.1 Å². The highest BCUT2D eigenvalue weighted by atomic mass is 16.5. The molecule has 0 saturated heterocycles. The zero-order valence-corrected chi connectivity index (χ0v) is 21.9. The minimum Gasteiger partial charge on any atom is -0.491 e. The molecule has 0 bridgehead atoms. The lowest BCUT2D eigenvalue weighted by Gasteiger charge is -2.32. The van der Waals surface area contributed by atoms with Crippen molar-refractivity contribution in [2.45, 2.75) is 38.1 Å². The molecule has 0 radical (unpaired) electrons. The number of hydrogen-bond donors (Lipinski definition) is 1. The fourth-order valence-electron chi connectivity index (χ4n) is 5.19. The van der Waals surface area contributed by atoms with Crippen molar-refractivity contribution in [1.82, 2.24) is 14.8 Å². The van der Waals surface area contributed by atoms with E-state index >= 15 is 0 Å². The first kappa shape index (κ1) is 25.6. The standard InChI is InChI=1S/C32H35N3O3/c1-34-19-11-2-3-12-20-35(32(37)29-22-25-15-7-9-17-28(25)33-29)26(21-24-13-5-4-6-14-24)23-38-30-18-10-8-16-27(30)31(34)36/h4-10,13-18,22,26,33H,2-3,11-12,19-21,23H2,1H3/t26-/m0/s1. The van der Waals surface area contributed by atoms with E-state index in [0.717, 1.165) is 42.1 Å². The molecule has 0 saturated carbocycles. The molecule has 196 valence electrons. The van der Waals surface area contributed by atoms with E-state index in [1.165, 1.54) is 0 Å². The van der Waals surface area contributed by atoms with Gasteiger partial charge in [0.05, 0.1) is 11.6 Å². The van der Waals surface area contributed by atoms with E-state index in [9.17, 15) is 9.59 Å². The molecule has 6 heteroatoms. The molecule has 0 fully saturated rings. The molecule has 0 spiro atoms. The van der Waals surface area contributed by atoms with Crippen molar-refractivity contribution < 1.29 is 14.3 Å². The molecular formula is C32H35N3O3. The number of benzene rings is 3. The van der Waals surface area contributed by atoms with E-state index in [1.54, 1.807) is 4.90 Å². The second-order valence-corrected chi connectivity index (χ2v) is 10.1. The summed E-state index contributed by atoms with van der Waals surface area (Å²) < 4.78 is 6.36. The average Bonchev–Trinajstić information content (AvgIpc) is 3.39. The molecule has 1 aliphatic rings. The maximum absolute atomic E-state index is 14.0.